The molecule has 0 bridgehead atoms. The molecule has 0 saturated carbocycles. The Bertz CT molecular complexity index is 865. The Morgan fingerprint density at radius 3 is 2.56 bits per heavy atom. The van der Waals surface area contributed by atoms with E-state index in [0.717, 1.165) is 5.56 Å². The lowest BCUT2D eigenvalue weighted by Crippen LogP contribution is -2.31. The Morgan fingerprint density at radius 1 is 1.15 bits per heavy atom. The highest BCUT2D eigenvalue weighted by Crippen LogP contribution is 2.23. The third kappa shape index (κ3) is 5.82. The highest BCUT2D eigenvalue weighted by molar-refractivity contribution is 6.31. The molecule has 0 aliphatic rings. The van der Waals surface area contributed by atoms with Gasteiger partial charge in [0, 0.05) is 16.3 Å². The molecule has 0 unspecified atom stereocenters. The number of carbonyl (C=O) groups is 3. The average Bonchev–Trinajstić information content (AvgIpc) is 2.64. The predicted octanol–water partition coefficient (Wildman–Crippen LogP) is 3.80. The Labute approximate surface area is 162 Å². The molecule has 0 aliphatic carbocycles. The maximum atomic E-state index is 12.2. The van der Waals surface area contributed by atoms with Crippen LogP contribution in [0.1, 0.15) is 29.8 Å². The van der Waals surface area contributed by atoms with Crippen molar-refractivity contribution in [1.29, 1.82) is 0 Å². The van der Waals surface area contributed by atoms with Gasteiger partial charge in [0.25, 0.3) is 5.91 Å². The molecule has 2 aromatic rings. The third-order valence-electron chi connectivity index (χ3n) is 3.80. The largest absolute Gasteiger partial charge is 0.482 e. The van der Waals surface area contributed by atoms with Crippen LogP contribution in [0.5, 0.6) is 5.75 Å². The van der Waals surface area contributed by atoms with Gasteiger partial charge in [0.1, 0.15) is 5.75 Å². The van der Waals surface area contributed by atoms with Crippen molar-refractivity contribution in [3.8, 4) is 5.75 Å². The van der Waals surface area contributed by atoms with E-state index in [4.69, 9.17) is 21.1 Å². The molecule has 27 heavy (non-hydrogen) atoms. The zero-order chi connectivity index (χ0) is 20.0. The predicted molar refractivity (Wildman–Crippen MR) is 102 cm³/mol. The summed E-state index contributed by atoms with van der Waals surface area (Å²) in [6, 6.07) is 11.6. The number of ketones is 1. The van der Waals surface area contributed by atoms with Gasteiger partial charge in [-0.3, -0.25) is 9.59 Å². The maximum Gasteiger partial charge on any atom is 0.344 e. The standard InChI is InChI=1S/C20H20ClNO5/c1-12-17(21)8-5-9-18(12)22-20(25)14(3)27-19(24)11-26-16-7-4-6-15(10-16)13(2)23/h4-10,14H,11H2,1-3H3,(H,22,25)/t14-/m1/s1. The van der Waals surface area contributed by atoms with Crippen LogP contribution in [-0.2, 0) is 14.3 Å². The number of Topliss-reactive ketones (excluding diaryl/α,β-unsaturated/α-hetero) is 1. The molecule has 2 rings (SSSR count). The van der Waals surface area contributed by atoms with Crippen molar-refractivity contribution in [3.63, 3.8) is 0 Å². The molecule has 1 N–H and O–H groups in total. The van der Waals surface area contributed by atoms with Crippen LogP contribution in [0.3, 0.4) is 0 Å². The van der Waals surface area contributed by atoms with Gasteiger partial charge < -0.3 is 14.8 Å². The molecule has 7 heteroatoms. The van der Waals surface area contributed by atoms with Gasteiger partial charge in [0.05, 0.1) is 0 Å². The van der Waals surface area contributed by atoms with E-state index in [0.29, 0.717) is 22.0 Å². The van der Waals surface area contributed by atoms with Crippen LogP contribution in [-0.4, -0.2) is 30.4 Å². The van der Waals surface area contributed by atoms with E-state index >= 15 is 0 Å². The van der Waals surface area contributed by atoms with Gasteiger partial charge >= 0.3 is 5.97 Å². The number of nitrogens with one attached hydrogen (secondary N) is 1. The van der Waals surface area contributed by atoms with Gasteiger partial charge in [-0.05, 0) is 50.6 Å². The van der Waals surface area contributed by atoms with Crippen LogP contribution in [0.4, 0.5) is 5.69 Å². The highest BCUT2D eigenvalue weighted by Gasteiger charge is 2.19. The lowest BCUT2D eigenvalue weighted by molar-refractivity contribution is -0.155. The second kappa shape index (κ2) is 9.19. The van der Waals surface area contributed by atoms with E-state index in [-0.39, 0.29) is 12.4 Å². The average molecular weight is 390 g/mol. The van der Waals surface area contributed by atoms with Crippen LogP contribution in [0.2, 0.25) is 5.02 Å². The smallest absolute Gasteiger partial charge is 0.344 e. The van der Waals surface area contributed by atoms with Crippen molar-refractivity contribution in [3.05, 3.63) is 58.6 Å². The Morgan fingerprint density at radius 2 is 1.85 bits per heavy atom. The Hall–Kier alpha value is -2.86. The van der Waals surface area contributed by atoms with Crippen molar-refractivity contribution >= 4 is 34.9 Å². The first-order valence-electron chi connectivity index (χ1n) is 8.27. The van der Waals surface area contributed by atoms with Gasteiger partial charge in [0.2, 0.25) is 0 Å². The lowest BCUT2D eigenvalue weighted by atomic mass is 10.1. The summed E-state index contributed by atoms with van der Waals surface area (Å²) >= 11 is 6.02. The number of ether oxygens (including phenoxy) is 2. The number of esters is 1. The SMILES string of the molecule is CC(=O)c1cccc(OCC(=O)O[C@H](C)C(=O)Nc2cccc(Cl)c2C)c1. The molecule has 0 heterocycles. The highest BCUT2D eigenvalue weighted by atomic mass is 35.5. The minimum absolute atomic E-state index is 0.107. The molecule has 0 fully saturated rings. The van der Waals surface area contributed by atoms with E-state index in [1.54, 1.807) is 43.3 Å². The van der Waals surface area contributed by atoms with Crippen LogP contribution in [0, 0.1) is 6.92 Å². The summed E-state index contributed by atoms with van der Waals surface area (Å²) in [7, 11) is 0. The maximum absolute atomic E-state index is 12.2. The quantitative estimate of drug-likeness (QED) is 0.575. The second-order valence-electron chi connectivity index (χ2n) is 5.91. The molecule has 1 amide bonds. The number of anilines is 1. The summed E-state index contributed by atoms with van der Waals surface area (Å²) in [5.74, 6) is -0.920. The monoisotopic (exact) mass is 389 g/mol. The fourth-order valence-electron chi connectivity index (χ4n) is 2.21. The van der Waals surface area contributed by atoms with Crippen LogP contribution >= 0.6 is 11.6 Å². The molecule has 142 valence electrons. The summed E-state index contributed by atoms with van der Waals surface area (Å²) in [5, 5.41) is 3.20. The molecular weight excluding hydrogens is 370 g/mol. The summed E-state index contributed by atoms with van der Waals surface area (Å²) in [6.07, 6.45) is -1.01. The van der Waals surface area contributed by atoms with E-state index in [2.05, 4.69) is 5.32 Å². The van der Waals surface area contributed by atoms with Gasteiger partial charge in [0.15, 0.2) is 18.5 Å². The van der Waals surface area contributed by atoms with Crippen molar-refractivity contribution in [2.45, 2.75) is 26.9 Å². The summed E-state index contributed by atoms with van der Waals surface area (Å²) < 4.78 is 10.4. The van der Waals surface area contributed by atoms with Gasteiger partial charge in [-0.1, -0.05) is 29.8 Å². The van der Waals surface area contributed by atoms with E-state index in [1.807, 2.05) is 0 Å². The van der Waals surface area contributed by atoms with Gasteiger partial charge in [-0.25, -0.2) is 4.79 Å². The number of hydrogen-bond acceptors (Lipinski definition) is 5. The van der Waals surface area contributed by atoms with E-state index in [9.17, 15) is 14.4 Å². The second-order valence-corrected chi connectivity index (χ2v) is 6.31. The summed E-state index contributed by atoms with van der Waals surface area (Å²) in [6.45, 7) is 4.30. The van der Waals surface area contributed by atoms with Gasteiger partial charge in [-0.15, -0.1) is 0 Å². The fourth-order valence-corrected chi connectivity index (χ4v) is 2.38. The molecule has 0 saturated heterocycles. The molecule has 2 aromatic carbocycles. The Kier molecular flexibility index (Phi) is 6.96. The van der Waals surface area contributed by atoms with Crippen molar-refractivity contribution in [1.82, 2.24) is 0 Å². The molecular formula is C20H20ClNO5. The molecule has 6 nitrogen and oxygen atoms in total. The molecule has 0 aliphatic heterocycles. The van der Waals surface area contributed by atoms with Gasteiger partial charge in [-0.2, -0.15) is 0 Å². The first kappa shape index (κ1) is 20.5. The normalized spacial score (nSPS) is 11.4. The minimum Gasteiger partial charge on any atom is -0.482 e. The number of halogens is 1. The zero-order valence-electron chi connectivity index (χ0n) is 15.2. The van der Waals surface area contributed by atoms with E-state index in [1.165, 1.54) is 19.9 Å². The number of hydrogen-bond donors (Lipinski definition) is 1. The Balaban J connectivity index is 1.87. The summed E-state index contributed by atoms with van der Waals surface area (Å²) in [5.41, 5.74) is 1.75. The first-order chi connectivity index (χ1) is 12.8. The number of rotatable bonds is 7. The number of benzene rings is 2. The zero-order valence-corrected chi connectivity index (χ0v) is 16.0. The lowest BCUT2D eigenvalue weighted by Gasteiger charge is -2.15. The van der Waals surface area contributed by atoms with Crippen LogP contribution in [0.25, 0.3) is 0 Å². The van der Waals surface area contributed by atoms with Crippen LogP contribution < -0.4 is 10.1 Å². The van der Waals surface area contributed by atoms with Crippen molar-refractivity contribution in [2.24, 2.45) is 0 Å². The van der Waals surface area contributed by atoms with Crippen LogP contribution in [0.15, 0.2) is 42.5 Å². The molecule has 1 atom stereocenters. The molecule has 0 radical (unpaired) electrons. The summed E-state index contributed by atoms with van der Waals surface area (Å²) in [4.78, 5) is 35.5. The van der Waals surface area contributed by atoms with Crippen molar-refractivity contribution in [2.75, 3.05) is 11.9 Å². The third-order valence-corrected chi connectivity index (χ3v) is 4.21. The first-order valence-corrected chi connectivity index (χ1v) is 8.65. The van der Waals surface area contributed by atoms with E-state index < -0.39 is 18.0 Å². The topological polar surface area (TPSA) is 81.7 Å². The molecule has 0 aromatic heterocycles. The number of carbonyl (C=O) groups excluding carboxylic acids is 3. The van der Waals surface area contributed by atoms with Crippen molar-refractivity contribution < 1.29 is 23.9 Å². The molecule has 0 spiro atoms. The minimum atomic E-state index is -1.01. The fraction of sp³-hybridized carbons (Fsp3) is 0.250. The number of amides is 1.